The van der Waals surface area contributed by atoms with E-state index >= 15 is 0 Å². The number of fused-ring (bicyclic) bond motifs is 1. The Bertz CT molecular complexity index is 1540. The van der Waals surface area contributed by atoms with Crippen molar-refractivity contribution in [2.45, 2.75) is 59.4 Å². The molecule has 0 aliphatic carbocycles. The number of anilines is 3. The molecular weight excluding hydrogens is 543 g/mol. The average molecular weight is 578 g/mol. The molecule has 3 heterocycles. The second-order valence-corrected chi connectivity index (χ2v) is 12.3. The molecule has 0 radical (unpaired) electrons. The number of phenolic OH excluding ortho intramolecular Hbond substituents is 1. The standard InChI is InChI=1S/C32H34Cl2N4O2/c1-5-27(39)23-18-35-26-11-9-19(20-15-24(33)31(40)25(34)16-20)14-22(26)30(23)37-21-10-12-29(36-17-21)38-13-7-6-8-28(38)32(2,3)4/h9-12,14-18,28,40H,5-8,13H2,1-4H3,(H,35,37)/t28-/m0/s1. The van der Waals surface area contributed by atoms with Crippen LogP contribution < -0.4 is 10.2 Å². The predicted octanol–water partition coefficient (Wildman–Crippen LogP) is 9.05. The van der Waals surface area contributed by atoms with Crippen LogP contribution in [0.3, 0.4) is 0 Å². The van der Waals surface area contributed by atoms with Crippen molar-refractivity contribution < 1.29 is 9.90 Å². The van der Waals surface area contributed by atoms with E-state index in [1.54, 1.807) is 18.3 Å². The number of benzene rings is 2. The van der Waals surface area contributed by atoms with Crippen LogP contribution in [-0.4, -0.2) is 33.4 Å². The van der Waals surface area contributed by atoms with Gasteiger partial charge in [-0.15, -0.1) is 0 Å². The lowest BCUT2D eigenvalue weighted by molar-refractivity contribution is 0.0988. The molecule has 0 bridgehead atoms. The summed E-state index contributed by atoms with van der Waals surface area (Å²) in [5.74, 6) is 0.809. The first-order valence-corrected chi connectivity index (χ1v) is 14.5. The average Bonchev–Trinajstić information content (AvgIpc) is 2.95. The number of hydrogen-bond acceptors (Lipinski definition) is 6. The Balaban J connectivity index is 1.55. The molecule has 0 spiro atoms. The number of aromatic hydroxyl groups is 1. The molecule has 1 aliphatic rings. The number of halogens is 2. The number of Topliss-reactive ketones (excluding diaryl/α,β-unsaturated/α-hetero) is 1. The van der Waals surface area contributed by atoms with Gasteiger partial charge in [-0.1, -0.05) is 57.0 Å². The van der Waals surface area contributed by atoms with Crippen LogP contribution in [0.4, 0.5) is 17.2 Å². The van der Waals surface area contributed by atoms with Crippen LogP contribution in [0.5, 0.6) is 5.75 Å². The third-order valence-corrected chi connectivity index (χ3v) is 8.23. The lowest BCUT2D eigenvalue weighted by Crippen LogP contribution is -2.47. The second kappa shape index (κ2) is 11.3. The third kappa shape index (κ3) is 5.61. The van der Waals surface area contributed by atoms with E-state index in [9.17, 15) is 9.90 Å². The van der Waals surface area contributed by atoms with E-state index in [0.29, 0.717) is 23.7 Å². The van der Waals surface area contributed by atoms with E-state index in [2.05, 4.69) is 42.0 Å². The van der Waals surface area contributed by atoms with E-state index in [1.165, 1.54) is 12.8 Å². The highest BCUT2D eigenvalue weighted by atomic mass is 35.5. The summed E-state index contributed by atoms with van der Waals surface area (Å²) in [6.07, 6.45) is 7.39. The van der Waals surface area contributed by atoms with E-state index in [0.717, 1.165) is 46.5 Å². The van der Waals surface area contributed by atoms with Gasteiger partial charge in [0.15, 0.2) is 11.5 Å². The quantitative estimate of drug-likeness (QED) is 0.223. The third-order valence-electron chi connectivity index (χ3n) is 7.65. The van der Waals surface area contributed by atoms with Crippen LogP contribution in [-0.2, 0) is 0 Å². The van der Waals surface area contributed by atoms with Gasteiger partial charge in [0.25, 0.3) is 0 Å². The van der Waals surface area contributed by atoms with Crippen molar-refractivity contribution in [3.8, 4) is 16.9 Å². The molecule has 40 heavy (non-hydrogen) atoms. The Morgan fingerprint density at radius 2 is 1.77 bits per heavy atom. The van der Waals surface area contributed by atoms with Gasteiger partial charge >= 0.3 is 0 Å². The van der Waals surface area contributed by atoms with Crippen molar-refractivity contribution in [2.75, 3.05) is 16.8 Å². The molecule has 2 aromatic carbocycles. The topological polar surface area (TPSA) is 78.3 Å². The first-order valence-electron chi connectivity index (χ1n) is 13.7. The lowest BCUT2D eigenvalue weighted by atomic mass is 9.80. The number of nitrogens with one attached hydrogen (secondary N) is 1. The first-order chi connectivity index (χ1) is 19.1. The Morgan fingerprint density at radius 1 is 1.02 bits per heavy atom. The van der Waals surface area contributed by atoms with Gasteiger partial charge in [0, 0.05) is 30.6 Å². The normalized spacial score (nSPS) is 15.8. The summed E-state index contributed by atoms with van der Waals surface area (Å²) in [6, 6.07) is 13.6. The number of aromatic nitrogens is 2. The Labute approximate surface area is 245 Å². The number of carbonyl (C=O) groups excluding carboxylic acids is 1. The fourth-order valence-electron chi connectivity index (χ4n) is 5.52. The largest absolute Gasteiger partial charge is 0.505 e. The summed E-state index contributed by atoms with van der Waals surface area (Å²) in [5.41, 5.74) is 4.45. The molecule has 5 rings (SSSR count). The number of ketones is 1. The first kappa shape index (κ1) is 28.2. The molecule has 1 aliphatic heterocycles. The van der Waals surface area contributed by atoms with Crippen LogP contribution >= 0.6 is 23.2 Å². The van der Waals surface area contributed by atoms with Gasteiger partial charge in [-0.2, -0.15) is 0 Å². The van der Waals surface area contributed by atoms with Crippen molar-refractivity contribution in [3.05, 3.63) is 70.5 Å². The van der Waals surface area contributed by atoms with Gasteiger partial charge in [-0.3, -0.25) is 9.78 Å². The molecular formula is C32H34Cl2N4O2. The smallest absolute Gasteiger partial charge is 0.166 e. The van der Waals surface area contributed by atoms with Crippen LogP contribution in [0, 0.1) is 5.41 Å². The second-order valence-electron chi connectivity index (χ2n) is 11.4. The van der Waals surface area contributed by atoms with Gasteiger partial charge in [0.1, 0.15) is 5.82 Å². The fraction of sp³-hybridized carbons (Fsp3) is 0.344. The number of phenols is 1. The molecule has 0 unspecified atom stereocenters. The van der Waals surface area contributed by atoms with Crippen molar-refractivity contribution in [1.29, 1.82) is 0 Å². The number of piperidine rings is 1. The number of nitrogens with zero attached hydrogens (tertiary/aromatic N) is 3. The van der Waals surface area contributed by atoms with Crippen LogP contribution in [0.15, 0.2) is 54.9 Å². The zero-order chi connectivity index (χ0) is 28.6. The molecule has 4 aromatic rings. The van der Waals surface area contributed by atoms with Crippen molar-refractivity contribution >= 4 is 57.1 Å². The fourth-order valence-corrected chi connectivity index (χ4v) is 6.01. The summed E-state index contributed by atoms with van der Waals surface area (Å²) >= 11 is 12.4. The molecule has 2 aromatic heterocycles. The summed E-state index contributed by atoms with van der Waals surface area (Å²) in [7, 11) is 0. The number of pyridine rings is 2. The minimum Gasteiger partial charge on any atom is -0.505 e. The van der Waals surface area contributed by atoms with Crippen LogP contribution in [0.1, 0.15) is 63.7 Å². The van der Waals surface area contributed by atoms with Gasteiger partial charge in [-0.05, 0) is 72.2 Å². The molecule has 6 nitrogen and oxygen atoms in total. The van der Waals surface area contributed by atoms with Gasteiger partial charge < -0.3 is 15.3 Å². The number of rotatable bonds is 6. The van der Waals surface area contributed by atoms with E-state index in [4.69, 9.17) is 28.2 Å². The molecule has 1 atom stereocenters. The van der Waals surface area contributed by atoms with E-state index in [-0.39, 0.29) is 27.0 Å². The van der Waals surface area contributed by atoms with Crippen molar-refractivity contribution in [2.24, 2.45) is 5.41 Å². The van der Waals surface area contributed by atoms with E-state index in [1.807, 2.05) is 37.4 Å². The molecule has 2 N–H and O–H groups in total. The molecule has 208 valence electrons. The van der Waals surface area contributed by atoms with Gasteiger partial charge in [0.05, 0.1) is 38.7 Å². The summed E-state index contributed by atoms with van der Waals surface area (Å²) in [5, 5.41) is 14.6. The van der Waals surface area contributed by atoms with Crippen molar-refractivity contribution in [1.82, 2.24) is 9.97 Å². The van der Waals surface area contributed by atoms with Crippen LogP contribution in [0.2, 0.25) is 10.0 Å². The SMILES string of the molecule is CCC(=O)c1cnc2ccc(-c3cc(Cl)c(O)c(Cl)c3)cc2c1Nc1ccc(N2CCCC[C@H]2C(C)(C)C)nc1. The molecule has 0 saturated carbocycles. The maximum absolute atomic E-state index is 13.0. The zero-order valence-electron chi connectivity index (χ0n) is 23.3. The summed E-state index contributed by atoms with van der Waals surface area (Å²) < 4.78 is 0. The van der Waals surface area contributed by atoms with E-state index < -0.39 is 0 Å². The maximum atomic E-state index is 13.0. The van der Waals surface area contributed by atoms with Gasteiger partial charge in [0.2, 0.25) is 0 Å². The van der Waals surface area contributed by atoms with Crippen molar-refractivity contribution in [3.63, 3.8) is 0 Å². The molecule has 8 heteroatoms. The highest BCUT2D eigenvalue weighted by molar-refractivity contribution is 6.37. The molecule has 1 saturated heterocycles. The highest BCUT2D eigenvalue weighted by Crippen LogP contribution is 2.39. The highest BCUT2D eigenvalue weighted by Gasteiger charge is 2.33. The lowest BCUT2D eigenvalue weighted by Gasteiger charge is -2.44. The number of hydrogen-bond donors (Lipinski definition) is 2. The monoisotopic (exact) mass is 576 g/mol. The minimum atomic E-state index is -0.151. The minimum absolute atomic E-state index is 0.0102. The Morgan fingerprint density at radius 3 is 2.42 bits per heavy atom. The summed E-state index contributed by atoms with van der Waals surface area (Å²) in [6.45, 7) is 9.72. The Kier molecular flexibility index (Phi) is 7.94. The molecule has 0 amide bonds. The Hall–Kier alpha value is -3.35. The van der Waals surface area contributed by atoms with Crippen LogP contribution in [0.25, 0.3) is 22.0 Å². The maximum Gasteiger partial charge on any atom is 0.166 e. The predicted molar refractivity (Wildman–Crippen MR) is 165 cm³/mol. The van der Waals surface area contributed by atoms with Gasteiger partial charge in [-0.25, -0.2) is 4.98 Å². The zero-order valence-corrected chi connectivity index (χ0v) is 24.8. The number of carbonyl (C=O) groups is 1. The summed E-state index contributed by atoms with van der Waals surface area (Å²) in [4.78, 5) is 24.8. The molecule has 1 fully saturated rings.